The lowest BCUT2D eigenvalue weighted by Crippen LogP contribution is -2.40. The summed E-state index contributed by atoms with van der Waals surface area (Å²) in [5, 5.41) is 8.95. The average Bonchev–Trinajstić information content (AvgIpc) is 3.21. The number of hydrogen-bond donors (Lipinski definition) is 1. The standard InChI is InChI=1S/C18H25BrN4O3S/c1-18(2,3)25-17(24)20-9-12-4-6-23(7-5-12)10-15-21-16(22-26-15)14-8-13(19)11-27-14/h8,11-12H,4-7,9-10H2,1-3H3,(H,20,24). The van der Waals surface area contributed by atoms with Gasteiger partial charge in [-0.25, -0.2) is 4.79 Å². The predicted octanol–water partition coefficient (Wildman–Crippen LogP) is 4.30. The molecule has 1 N–H and O–H groups in total. The number of thiophene rings is 1. The van der Waals surface area contributed by atoms with E-state index in [2.05, 4.69) is 36.3 Å². The van der Waals surface area contributed by atoms with Gasteiger partial charge in [0, 0.05) is 16.4 Å². The molecule has 9 heteroatoms. The van der Waals surface area contributed by atoms with E-state index in [1.165, 1.54) is 0 Å². The number of piperidine rings is 1. The summed E-state index contributed by atoms with van der Waals surface area (Å²) >= 11 is 5.02. The minimum absolute atomic E-state index is 0.344. The van der Waals surface area contributed by atoms with Crippen LogP contribution in [0.4, 0.5) is 4.79 Å². The molecule has 1 amide bonds. The second-order valence-corrected chi connectivity index (χ2v) is 9.57. The van der Waals surface area contributed by atoms with Gasteiger partial charge < -0.3 is 14.6 Å². The lowest BCUT2D eigenvalue weighted by molar-refractivity contribution is 0.0508. The molecule has 0 unspecified atom stereocenters. The molecule has 27 heavy (non-hydrogen) atoms. The summed E-state index contributed by atoms with van der Waals surface area (Å²) in [5.41, 5.74) is -0.463. The highest BCUT2D eigenvalue weighted by Gasteiger charge is 2.23. The van der Waals surface area contributed by atoms with Crippen molar-refractivity contribution < 1.29 is 14.1 Å². The van der Waals surface area contributed by atoms with Gasteiger partial charge in [-0.3, -0.25) is 4.90 Å². The SMILES string of the molecule is CC(C)(C)OC(=O)NCC1CCN(Cc2nc(-c3cc(Br)cs3)no2)CC1. The van der Waals surface area contributed by atoms with Gasteiger partial charge in [0.15, 0.2) is 0 Å². The van der Waals surface area contributed by atoms with E-state index >= 15 is 0 Å². The van der Waals surface area contributed by atoms with E-state index in [0.717, 1.165) is 35.3 Å². The first-order valence-electron chi connectivity index (χ1n) is 9.05. The van der Waals surface area contributed by atoms with Crippen molar-refractivity contribution in [1.29, 1.82) is 0 Å². The molecular weight excluding hydrogens is 432 g/mol. The summed E-state index contributed by atoms with van der Waals surface area (Å²) in [4.78, 5) is 19.6. The van der Waals surface area contributed by atoms with Crippen molar-refractivity contribution in [3.63, 3.8) is 0 Å². The van der Waals surface area contributed by atoms with Crippen LogP contribution in [0.3, 0.4) is 0 Å². The minimum Gasteiger partial charge on any atom is -0.444 e. The smallest absolute Gasteiger partial charge is 0.407 e. The lowest BCUT2D eigenvalue weighted by Gasteiger charge is -2.31. The molecule has 0 aliphatic carbocycles. The zero-order valence-corrected chi connectivity index (χ0v) is 18.2. The summed E-state index contributed by atoms with van der Waals surface area (Å²) in [7, 11) is 0. The minimum atomic E-state index is -0.463. The van der Waals surface area contributed by atoms with Crippen molar-refractivity contribution in [3.05, 3.63) is 21.8 Å². The first-order chi connectivity index (χ1) is 12.8. The van der Waals surface area contributed by atoms with Crippen LogP contribution in [0.2, 0.25) is 0 Å². The van der Waals surface area contributed by atoms with Crippen molar-refractivity contribution in [2.75, 3.05) is 19.6 Å². The van der Waals surface area contributed by atoms with E-state index in [1.54, 1.807) is 11.3 Å². The van der Waals surface area contributed by atoms with Crippen LogP contribution < -0.4 is 5.32 Å². The van der Waals surface area contributed by atoms with Gasteiger partial charge in [-0.2, -0.15) is 4.98 Å². The maximum absolute atomic E-state index is 11.8. The van der Waals surface area contributed by atoms with E-state index in [4.69, 9.17) is 9.26 Å². The maximum Gasteiger partial charge on any atom is 0.407 e. The Labute approximate surface area is 171 Å². The van der Waals surface area contributed by atoms with Gasteiger partial charge in [0.25, 0.3) is 0 Å². The monoisotopic (exact) mass is 456 g/mol. The number of rotatable bonds is 5. The van der Waals surface area contributed by atoms with Crippen molar-refractivity contribution in [2.45, 2.75) is 45.8 Å². The topological polar surface area (TPSA) is 80.5 Å². The Morgan fingerprint density at radius 2 is 2.19 bits per heavy atom. The van der Waals surface area contributed by atoms with Crippen molar-refractivity contribution in [1.82, 2.24) is 20.4 Å². The maximum atomic E-state index is 11.8. The fraction of sp³-hybridized carbons (Fsp3) is 0.611. The first-order valence-corrected chi connectivity index (χ1v) is 10.7. The second kappa shape index (κ2) is 8.70. The normalized spacial score (nSPS) is 16.4. The summed E-state index contributed by atoms with van der Waals surface area (Å²) < 4.78 is 11.7. The number of nitrogens with zero attached hydrogens (tertiary/aromatic N) is 3. The molecule has 3 rings (SSSR count). The van der Waals surface area contributed by atoms with Crippen LogP contribution in [0.25, 0.3) is 10.7 Å². The third-order valence-corrected chi connectivity index (χ3v) is 5.94. The van der Waals surface area contributed by atoms with Gasteiger partial charge in [0.1, 0.15) is 5.60 Å². The van der Waals surface area contributed by atoms with Gasteiger partial charge in [-0.1, -0.05) is 5.16 Å². The largest absolute Gasteiger partial charge is 0.444 e. The van der Waals surface area contributed by atoms with Gasteiger partial charge in [-0.15, -0.1) is 11.3 Å². The zero-order valence-electron chi connectivity index (χ0n) is 15.8. The van der Waals surface area contributed by atoms with Crippen LogP contribution in [-0.4, -0.2) is 46.4 Å². The number of carbonyl (C=O) groups excluding carboxylic acids is 1. The predicted molar refractivity (Wildman–Crippen MR) is 108 cm³/mol. The summed E-state index contributed by atoms with van der Waals surface area (Å²) in [6.07, 6.45) is 1.70. The quantitative estimate of drug-likeness (QED) is 0.722. The number of carbonyl (C=O) groups is 1. The molecule has 1 saturated heterocycles. The molecule has 3 heterocycles. The highest BCUT2D eigenvalue weighted by molar-refractivity contribution is 9.10. The molecule has 2 aromatic rings. The highest BCUT2D eigenvalue weighted by atomic mass is 79.9. The zero-order chi connectivity index (χ0) is 19.4. The molecular formula is C18H25BrN4O3S. The van der Waals surface area contributed by atoms with Crippen molar-refractivity contribution in [2.24, 2.45) is 5.92 Å². The number of ether oxygens (including phenoxy) is 1. The number of likely N-dealkylation sites (tertiary alicyclic amines) is 1. The van der Waals surface area contributed by atoms with Crippen LogP contribution in [0, 0.1) is 5.92 Å². The van der Waals surface area contributed by atoms with E-state index < -0.39 is 5.60 Å². The Bertz CT molecular complexity index is 763. The summed E-state index contributed by atoms with van der Waals surface area (Å²) in [6, 6.07) is 1.99. The Hall–Kier alpha value is -1.45. The molecule has 1 aliphatic rings. The Morgan fingerprint density at radius 3 is 2.81 bits per heavy atom. The first kappa shape index (κ1) is 20.3. The van der Waals surface area contributed by atoms with Crippen LogP contribution in [0.5, 0.6) is 0 Å². The second-order valence-electron chi connectivity index (χ2n) is 7.74. The van der Waals surface area contributed by atoms with Gasteiger partial charge >= 0.3 is 6.09 Å². The van der Waals surface area contributed by atoms with E-state index in [-0.39, 0.29) is 6.09 Å². The van der Waals surface area contributed by atoms with Crippen LogP contribution in [0.15, 0.2) is 20.4 Å². The third kappa shape index (κ3) is 6.29. The molecule has 148 valence electrons. The average molecular weight is 457 g/mol. The van der Waals surface area contributed by atoms with E-state index in [0.29, 0.717) is 30.7 Å². The van der Waals surface area contributed by atoms with Gasteiger partial charge in [-0.05, 0) is 74.6 Å². The van der Waals surface area contributed by atoms with E-state index in [9.17, 15) is 4.79 Å². The molecule has 0 radical (unpaired) electrons. The van der Waals surface area contributed by atoms with Crippen LogP contribution >= 0.6 is 27.3 Å². The van der Waals surface area contributed by atoms with Crippen LogP contribution in [-0.2, 0) is 11.3 Å². The van der Waals surface area contributed by atoms with Crippen LogP contribution in [0.1, 0.15) is 39.5 Å². The number of alkyl carbamates (subject to hydrolysis) is 1. The van der Waals surface area contributed by atoms with Crippen molar-refractivity contribution >= 4 is 33.4 Å². The molecule has 2 aromatic heterocycles. The Balaban J connectivity index is 1.41. The Kier molecular flexibility index (Phi) is 6.54. The molecule has 1 fully saturated rings. The molecule has 7 nitrogen and oxygen atoms in total. The molecule has 0 spiro atoms. The summed E-state index contributed by atoms with van der Waals surface area (Å²) in [5.74, 6) is 1.74. The van der Waals surface area contributed by atoms with Crippen molar-refractivity contribution in [3.8, 4) is 10.7 Å². The number of amides is 1. The molecule has 0 atom stereocenters. The van der Waals surface area contributed by atoms with E-state index in [1.807, 2.05) is 32.2 Å². The number of aromatic nitrogens is 2. The molecule has 0 aromatic carbocycles. The fourth-order valence-electron chi connectivity index (χ4n) is 2.93. The fourth-order valence-corrected chi connectivity index (χ4v) is 4.28. The number of halogens is 1. The molecule has 0 saturated carbocycles. The molecule has 1 aliphatic heterocycles. The number of hydrogen-bond acceptors (Lipinski definition) is 7. The summed E-state index contributed by atoms with van der Waals surface area (Å²) in [6.45, 7) is 8.81. The lowest BCUT2D eigenvalue weighted by atomic mass is 9.97. The third-order valence-electron chi connectivity index (χ3n) is 4.26. The highest BCUT2D eigenvalue weighted by Crippen LogP contribution is 2.28. The number of nitrogens with one attached hydrogen (secondary N) is 1. The Morgan fingerprint density at radius 1 is 1.44 bits per heavy atom. The molecule has 0 bridgehead atoms. The van der Waals surface area contributed by atoms with Gasteiger partial charge in [0.05, 0.1) is 11.4 Å². The van der Waals surface area contributed by atoms with Gasteiger partial charge in [0.2, 0.25) is 11.7 Å².